The lowest BCUT2D eigenvalue weighted by atomic mass is 9.72. The van der Waals surface area contributed by atoms with Gasteiger partial charge in [-0.1, -0.05) is 0 Å². The molecule has 0 aromatic carbocycles. The molecule has 0 saturated carbocycles. The topological polar surface area (TPSA) is 70.5 Å². The van der Waals surface area contributed by atoms with Crippen LogP contribution in [0.2, 0.25) is 0 Å². The number of hydrogen-bond acceptors (Lipinski definition) is 4. The van der Waals surface area contributed by atoms with Gasteiger partial charge in [0.2, 0.25) is 11.8 Å². The Morgan fingerprint density at radius 1 is 1.33 bits per heavy atom. The van der Waals surface area contributed by atoms with Crippen molar-refractivity contribution in [3.63, 3.8) is 0 Å². The quantitative estimate of drug-likeness (QED) is 0.843. The molecule has 1 N–H and O–H groups in total. The number of carbonyl (C=O) groups is 2. The zero-order valence-electron chi connectivity index (χ0n) is 16.4. The molecule has 0 spiro atoms. The van der Waals surface area contributed by atoms with Crippen LogP contribution in [0, 0.1) is 11.8 Å². The van der Waals surface area contributed by atoms with Crippen LogP contribution in [0.5, 0.6) is 0 Å². The van der Waals surface area contributed by atoms with Crippen molar-refractivity contribution in [1.82, 2.24) is 24.9 Å². The van der Waals surface area contributed by atoms with Gasteiger partial charge in [-0.3, -0.25) is 19.2 Å². The van der Waals surface area contributed by atoms with Crippen LogP contribution in [-0.2, 0) is 22.7 Å². The fraction of sp³-hybridized carbons (Fsp3) is 0.750. The third kappa shape index (κ3) is 3.74. The Balaban J connectivity index is 1.52. The van der Waals surface area contributed by atoms with Gasteiger partial charge in [0.25, 0.3) is 0 Å². The lowest BCUT2D eigenvalue weighted by molar-refractivity contribution is -0.153. The molecule has 0 aliphatic carbocycles. The summed E-state index contributed by atoms with van der Waals surface area (Å²) < 4.78 is 1.97. The highest BCUT2D eigenvalue weighted by Crippen LogP contribution is 2.41. The van der Waals surface area contributed by atoms with E-state index in [1.165, 1.54) is 12.0 Å². The highest BCUT2D eigenvalue weighted by atomic mass is 16.2. The standard InChI is InChI=1S/C20H31N5O2/c1-3-24-11-15(8-22-24)10-23-12-16-7-17(13-23)19(9-21-14(2)26)25-18(16)5-4-6-20(25)27/h8,11,16-19H,3-7,9-10,12-13H2,1-2H3,(H,21,26)/t16-,17+,18+,19+/m1/s1. The van der Waals surface area contributed by atoms with Crippen molar-refractivity contribution in [3.05, 3.63) is 18.0 Å². The number of hydrogen-bond donors (Lipinski definition) is 1. The zero-order chi connectivity index (χ0) is 19.0. The van der Waals surface area contributed by atoms with Crippen LogP contribution in [0.3, 0.4) is 0 Å². The number of nitrogens with zero attached hydrogens (tertiary/aromatic N) is 4. The molecule has 3 fully saturated rings. The second-order valence-electron chi connectivity index (χ2n) is 8.42. The van der Waals surface area contributed by atoms with Crippen LogP contribution in [0.25, 0.3) is 0 Å². The molecular formula is C20H31N5O2. The molecule has 148 valence electrons. The van der Waals surface area contributed by atoms with Gasteiger partial charge in [0.15, 0.2) is 0 Å². The first kappa shape index (κ1) is 18.5. The first-order valence-electron chi connectivity index (χ1n) is 10.3. The molecule has 27 heavy (non-hydrogen) atoms. The van der Waals surface area contributed by atoms with E-state index in [0.717, 1.165) is 39.0 Å². The number of likely N-dealkylation sites (tertiary alicyclic amines) is 1. The van der Waals surface area contributed by atoms with Crippen molar-refractivity contribution in [2.24, 2.45) is 11.8 Å². The van der Waals surface area contributed by atoms with E-state index in [4.69, 9.17) is 0 Å². The Morgan fingerprint density at radius 2 is 2.15 bits per heavy atom. The Kier molecular flexibility index (Phi) is 5.21. The molecule has 1 aromatic rings. The molecule has 2 amide bonds. The monoisotopic (exact) mass is 373 g/mol. The molecule has 1 aromatic heterocycles. The average molecular weight is 374 g/mol. The molecule has 3 aliphatic heterocycles. The minimum absolute atomic E-state index is 0.0159. The summed E-state index contributed by atoms with van der Waals surface area (Å²) in [5.74, 6) is 1.24. The van der Waals surface area contributed by atoms with Crippen LogP contribution < -0.4 is 5.32 Å². The zero-order valence-corrected chi connectivity index (χ0v) is 16.4. The van der Waals surface area contributed by atoms with Crippen LogP contribution in [-0.4, -0.2) is 63.1 Å². The minimum Gasteiger partial charge on any atom is -0.354 e. The molecule has 3 saturated heterocycles. The summed E-state index contributed by atoms with van der Waals surface area (Å²) in [5.41, 5.74) is 1.26. The number of rotatable bonds is 5. The Bertz CT molecular complexity index is 702. The summed E-state index contributed by atoms with van der Waals surface area (Å²) in [6.45, 7) is 8.08. The van der Waals surface area contributed by atoms with Gasteiger partial charge in [0.1, 0.15) is 0 Å². The number of piperidine rings is 3. The van der Waals surface area contributed by atoms with E-state index in [-0.39, 0.29) is 17.9 Å². The highest BCUT2D eigenvalue weighted by Gasteiger charge is 2.49. The first-order valence-corrected chi connectivity index (χ1v) is 10.3. The van der Waals surface area contributed by atoms with E-state index >= 15 is 0 Å². The van der Waals surface area contributed by atoms with Gasteiger partial charge in [-0.2, -0.15) is 5.10 Å². The molecule has 7 nitrogen and oxygen atoms in total. The number of aromatic nitrogens is 2. The van der Waals surface area contributed by atoms with E-state index < -0.39 is 0 Å². The lowest BCUT2D eigenvalue weighted by Crippen LogP contribution is -2.66. The molecular weight excluding hydrogens is 342 g/mol. The van der Waals surface area contributed by atoms with Crippen molar-refractivity contribution in [2.75, 3.05) is 19.6 Å². The second-order valence-corrected chi connectivity index (χ2v) is 8.42. The van der Waals surface area contributed by atoms with Crippen molar-refractivity contribution in [1.29, 1.82) is 0 Å². The predicted molar refractivity (Wildman–Crippen MR) is 102 cm³/mol. The number of fused-ring (bicyclic) bond motifs is 4. The molecule has 0 radical (unpaired) electrons. The lowest BCUT2D eigenvalue weighted by Gasteiger charge is -2.56. The molecule has 4 atom stereocenters. The van der Waals surface area contributed by atoms with Gasteiger partial charge < -0.3 is 10.2 Å². The summed E-state index contributed by atoms with van der Waals surface area (Å²) in [5, 5.41) is 7.38. The van der Waals surface area contributed by atoms with Gasteiger partial charge in [-0.05, 0) is 38.0 Å². The van der Waals surface area contributed by atoms with E-state index in [9.17, 15) is 9.59 Å². The molecule has 4 heterocycles. The summed E-state index contributed by atoms with van der Waals surface area (Å²) in [6, 6.07) is 0.464. The smallest absolute Gasteiger partial charge is 0.223 e. The third-order valence-electron chi connectivity index (χ3n) is 6.55. The van der Waals surface area contributed by atoms with Crippen molar-refractivity contribution in [2.45, 2.75) is 64.7 Å². The molecule has 3 aliphatic rings. The SMILES string of the molecule is CCn1cc(CN2C[C@H]3C[C@@H](C2)[C@H](CNC(C)=O)N2C(=O)CCC[C@@H]32)cn1. The van der Waals surface area contributed by atoms with Crippen molar-refractivity contribution < 1.29 is 9.59 Å². The van der Waals surface area contributed by atoms with Crippen molar-refractivity contribution in [3.8, 4) is 0 Å². The van der Waals surface area contributed by atoms with E-state index in [1.54, 1.807) is 6.92 Å². The second kappa shape index (κ2) is 7.62. The molecule has 0 unspecified atom stereocenters. The third-order valence-corrected chi connectivity index (χ3v) is 6.55. The van der Waals surface area contributed by atoms with Crippen LogP contribution in [0.4, 0.5) is 0 Å². The Labute approximate surface area is 161 Å². The molecule has 4 rings (SSSR count). The number of carbonyl (C=O) groups excluding carboxylic acids is 2. The first-order chi connectivity index (χ1) is 13.0. The number of nitrogens with one attached hydrogen (secondary N) is 1. The fourth-order valence-corrected chi connectivity index (χ4v) is 5.43. The molecule has 7 heteroatoms. The van der Waals surface area contributed by atoms with E-state index in [0.29, 0.717) is 30.8 Å². The van der Waals surface area contributed by atoms with E-state index in [1.807, 2.05) is 10.9 Å². The van der Waals surface area contributed by atoms with Crippen LogP contribution in [0.1, 0.15) is 45.1 Å². The summed E-state index contributed by atoms with van der Waals surface area (Å²) in [7, 11) is 0. The highest BCUT2D eigenvalue weighted by molar-refractivity contribution is 5.78. The largest absolute Gasteiger partial charge is 0.354 e. The maximum absolute atomic E-state index is 12.7. The van der Waals surface area contributed by atoms with Gasteiger partial charge in [-0.15, -0.1) is 0 Å². The number of amides is 2. The fourth-order valence-electron chi connectivity index (χ4n) is 5.43. The summed E-state index contributed by atoms with van der Waals surface area (Å²) in [4.78, 5) is 28.9. The summed E-state index contributed by atoms with van der Waals surface area (Å²) in [6.07, 6.45) is 8.03. The van der Waals surface area contributed by atoms with Gasteiger partial charge in [-0.25, -0.2) is 0 Å². The van der Waals surface area contributed by atoms with Gasteiger partial charge >= 0.3 is 0 Å². The maximum Gasteiger partial charge on any atom is 0.223 e. The van der Waals surface area contributed by atoms with Crippen molar-refractivity contribution >= 4 is 11.8 Å². The Hall–Kier alpha value is -1.89. The predicted octanol–water partition coefficient (Wildman–Crippen LogP) is 1.24. The number of aryl methyl sites for hydroxylation is 1. The normalized spacial score (nSPS) is 30.9. The Morgan fingerprint density at radius 3 is 2.89 bits per heavy atom. The van der Waals surface area contributed by atoms with Crippen LogP contribution >= 0.6 is 0 Å². The average Bonchev–Trinajstić information content (AvgIpc) is 3.09. The van der Waals surface area contributed by atoms with Gasteiger partial charge in [0, 0.05) is 63.9 Å². The van der Waals surface area contributed by atoms with Crippen LogP contribution in [0.15, 0.2) is 12.4 Å². The minimum atomic E-state index is -0.0159. The summed E-state index contributed by atoms with van der Waals surface area (Å²) >= 11 is 0. The van der Waals surface area contributed by atoms with Gasteiger partial charge in [0.05, 0.1) is 12.2 Å². The maximum atomic E-state index is 12.7. The van der Waals surface area contributed by atoms with E-state index in [2.05, 4.69) is 33.3 Å². The molecule has 2 bridgehead atoms.